The molecule has 1 N–H and O–H groups in total. The molecule has 0 bridgehead atoms. The van der Waals surface area contributed by atoms with Crippen LogP contribution in [0, 0.1) is 5.92 Å². The van der Waals surface area contributed by atoms with Gasteiger partial charge in [0, 0.05) is 48.7 Å². The summed E-state index contributed by atoms with van der Waals surface area (Å²) in [7, 11) is -0.666. The molecule has 0 saturated heterocycles. The number of benzene rings is 2. The third-order valence-corrected chi connectivity index (χ3v) is 6.99. The van der Waals surface area contributed by atoms with Crippen LogP contribution in [0.5, 0.6) is 0 Å². The molecule has 1 aromatic heterocycles. The van der Waals surface area contributed by atoms with Crippen molar-refractivity contribution in [2.24, 2.45) is 10.3 Å². The number of carbonyl (C=O) groups is 1. The molecule has 34 heavy (non-hydrogen) atoms. The van der Waals surface area contributed by atoms with Crippen molar-refractivity contribution in [3.8, 4) is 11.1 Å². The Bertz CT molecular complexity index is 1330. The Balaban J connectivity index is 1.64. The fraction of sp³-hybridized carbons (Fsp3) is 0.292. The summed E-state index contributed by atoms with van der Waals surface area (Å²) in [5.74, 6) is 0.328. The van der Waals surface area contributed by atoms with E-state index in [2.05, 4.69) is 14.8 Å². The molecular formula is C24H26ClN5O3S. The molecule has 2 aromatic carbocycles. The summed E-state index contributed by atoms with van der Waals surface area (Å²) >= 11 is 6.16. The Labute approximate surface area is 204 Å². The minimum Gasteiger partial charge on any atom is -0.368 e. The highest BCUT2D eigenvalue weighted by Crippen LogP contribution is 2.33. The van der Waals surface area contributed by atoms with E-state index in [4.69, 9.17) is 11.6 Å². The first-order valence-corrected chi connectivity index (χ1v) is 12.7. The van der Waals surface area contributed by atoms with E-state index < -0.39 is 10.0 Å². The maximum atomic E-state index is 13.1. The average molecular weight is 500 g/mol. The zero-order valence-corrected chi connectivity index (χ0v) is 20.6. The molecule has 0 aliphatic heterocycles. The predicted octanol–water partition coefficient (Wildman–Crippen LogP) is 4.07. The molecule has 0 atom stereocenters. The minimum absolute atomic E-state index is 0.00730. The van der Waals surface area contributed by atoms with Crippen LogP contribution in [0.25, 0.3) is 11.1 Å². The highest BCUT2D eigenvalue weighted by atomic mass is 35.5. The van der Waals surface area contributed by atoms with Crippen molar-refractivity contribution in [2.75, 3.05) is 19.4 Å². The number of halogens is 1. The topological polar surface area (TPSA) is 96.7 Å². The molecule has 1 aliphatic carbocycles. The molecule has 4 rings (SSSR count). The fourth-order valence-corrected chi connectivity index (χ4v) is 4.82. The summed E-state index contributed by atoms with van der Waals surface area (Å²) in [4.78, 5) is 14.1. The number of hydrogen-bond donors (Lipinski definition) is 1. The minimum atomic E-state index is -4.04. The van der Waals surface area contributed by atoms with Crippen molar-refractivity contribution in [2.45, 2.75) is 30.7 Å². The van der Waals surface area contributed by atoms with E-state index >= 15 is 0 Å². The molecule has 1 heterocycles. The highest BCUT2D eigenvalue weighted by Gasteiger charge is 2.24. The van der Waals surface area contributed by atoms with Crippen molar-refractivity contribution >= 4 is 39.6 Å². The molecule has 10 heteroatoms. The van der Waals surface area contributed by atoms with Crippen LogP contribution in [0.15, 0.2) is 64.2 Å². The monoisotopic (exact) mass is 499 g/mol. The molecule has 0 spiro atoms. The summed E-state index contributed by atoms with van der Waals surface area (Å²) < 4.78 is 31.9. The summed E-state index contributed by atoms with van der Waals surface area (Å²) in [6.45, 7) is 0.817. The lowest BCUT2D eigenvalue weighted by Crippen LogP contribution is -2.15. The second kappa shape index (κ2) is 9.99. The van der Waals surface area contributed by atoms with Crippen molar-refractivity contribution in [1.82, 2.24) is 14.7 Å². The summed E-state index contributed by atoms with van der Waals surface area (Å²) in [5.41, 5.74) is 2.19. The largest absolute Gasteiger partial charge is 0.368 e. The molecule has 8 nitrogen and oxygen atoms in total. The maximum Gasteiger partial charge on any atom is 0.284 e. The number of hydrogen-bond acceptors (Lipinski definition) is 4. The van der Waals surface area contributed by atoms with Crippen LogP contribution in [0.3, 0.4) is 0 Å². The number of carbonyl (C=O) groups excluding carboxylic acids is 1. The van der Waals surface area contributed by atoms with Crippen molar-refractivity contribution in [1.29, 1.82) is 0 Å². The lowest BCUT2D eigenvalue weighted by Gasteiger charge is -2.12. The van der Waals surface area contributed by atoms with Gasteiger partial charge in [0.05, 0.1) is 17.5 Å². The molecule has 0 unspecified atom stereocenters. The smallest absolute Gasteiger partial charge is 0.284 e. The number of anilines is 1. The summed E-state index contributed by atoms with van der Waals surface area (Å²) in [6.07, 6.45) is 7.18. The molecule has 3 aromatic rings. The van der Waals surface area contributed by atoms with E-state index in [0.29, 0.717) is 33.3 Å². The van der Waals surface area contributed by atoms with Crippen LogP contribution < -0.4 is 5.32 Å². The van der Waals surface area contributed by atoms with Gasteiger partial charge in [-0.15, -0.1) is 4.40 Å². The lowest BCUT2D eigenvalue weighted by molar-refractivity contribution is -0.115. The number of amides is 1. The fourth-order valence-electron chi connectivity index (χ4n) is 3.45. The molecule has 1 fully saturated rings. The van der Waals surface area contributed by atoms with E-state index in [9.17, 15) is 13.2 Å². The van der Waals surface area contributed by atoms with Crippen molar-refractivity contribution in [3.05, 3.63) is 65.4 Å². The van der Waals surface area contributed by atoms with Crippen molar-refractivity contribution < 1.29 is 13.2 Å². The van der Waals surface area contributed by atoms with Gasteiger partial charge in [-0.2, -0.15) is 13.5 Å². The standard InChI is InChI=1S/C24H26ClN5O3S/c1-29(2)16-27-34(32,33)23-12-20(28-24(31)11-18-5-3-4-6-22(18)25)9-10-21(23)19-13-26-30(15-19)14-17-7-8-17/h3-6,9-10,12-13,15-17H,7-8,11,14H2,1-2H3,(H,28,31). The number of nitrogens with one attached hydrogen (secondary N) is 1. The van der Waals surface area contributed by atoms with Crippen LogP contribution in [0.4, 0.5) is 5.69 Å². The maximum absolute atomic E-state index is 13.1. The zero-order valence-electron chi connectivity index (χ0n) is 19.0. The van der Waals surface area contributed by atoms with Crippen LogP contribution >= 0.6 is 11.6 Å². The second-order valence-electron chi connectivity index (χ2n) is 8.58. The summed E-state index contributed by atoms with van der Waals surface area (Å²) in [6, 6.07) is 11.9. The van der Waals surface area contributed by atoms with E-state index in [0.717, 1.165) is 6.54 Å². The number of rotatable bonds is 9. The Hall–Kier alpha value is -3.17. The van der Waals surface area contributed by atoms with Gasteiger partial charge in [-0.1, -0.05) is 35.9 Å². The first-order valence-electron chi connectivity index (χ1n) is 10.9. The van der Waals surface area contributed by atoms with Gasteiger partial charge in [0.15, 0.2) is 0 Å². The summed E-state index contributed by atoms with van der Waals surface area (Å²) in [5, 5.41) is 7.65. The molecule has 0 radical (unpaired) electrons. The third kappa shape index (κ3) is 6.03. The Kier molecular flexibility index (Phi) is 7.04. The van der Waals surface area contributed by atoms with Crippen LogP contribution in [-0.2, 0) is 27.8 Å². The van der Waals surface area contributed by atoms with Gasteiger partial charge < -0.3 is 10.2 Å². The van der Waals surface area contributed by atoms with E-state index in [-0.39, 0.29) is 17.2 Å². The number of sulfonamides is 1. The molecule has 1 amide bonds. The van der Waals surface area contributed by atoms with Crippen molar-refractivity contribution in [3.63, 3.8) is 0 Å². The van der Waals surface area contributed by atoms with Gasteiger partial charge in [-0.05, 0) is 42.5 Å². The predicted molar refractivity (Wildman–Crippen MR) is 134 cm³/mol. The Morgan fingerprint density at radius 2 is 2.03 bits per heavy atom. The average Bonchev–Trinajstić information content (AvgIpc) is 3.48. The van der Waals surface area contributed by atoms with Gasteiger partial charge in [0.25, 0.3) is 10.0 Å². The third-order valence-electron chi connectivity index (χ3n) is 5.36. The Morgan fingerprint density at radius 1 is 1.26 bits per heavy atom. The van der Waals surface area contributed by atoms with E-state index in [1.807, 2.05) is 10.9 Å². The van der Waals surface area contributed by atoms with Crippen LogP contribution in [0.1, 0.15) is 18.4 Å². The lowest BCUT2D eigenvalue weighted by atomic mass is 10.1. The second-order valence-corrected chi connectivity index (χ2v) is 10.6. The number of aromatic nitrogens is 2. The zero-order chi connectivity index (χ0) is 24.3. The molecular weight excluding hydrogens is 474 g/mol. The van der Waals surface area contributed by atoms with Gasteiger partial charge in [0.1, 0.15) is 6.34 Å². The quantitative estimate of drug-likeness (QED) is 0.353. The van der Waals surface area contributed by atoms with E-state index in [1.165, 1.54) is 25.2 Å². The Morgan fingerprint density at radius 3 is 2.74 bits per heavy atom. The molecule has 1 aliphatic rings. The van der Waals surface area contributed by atoms with E-state index in [1.54, 1.807) is 61.6 Å². The van der Waals surface area contributed by atoms with Gasteiger partial charge in [-0.25, -0.2) is 0 Å². The normalized spacial score (nSPS) is 13.9. The molecule has 178 valence electrons. The molecule has 1 saturated carbocycles. The van der Waals surface area contributed by atoms with Gasteiger partial charge in [-0.3, -0.25) is 9.48 Å². The van der Waals surface area contributed by atoms with Gasteiger partial charge >= 0.3 is 0 Å². The number of nitrogens with zero attached hydrogens (tertiary/aromatic N) is 4. The first kappa shape index (κ1) is 24.0. The van der Waals surface area contributed by atoms with Crippen LogP contribution in [0.2, 0.25) is 5.02 Å². The first-order chi connectivity index (χ1) is 16.2. The van der Waals surface area contributed by atoms with Crippen LogP contribution in [-0.4, -0.2) is 49.4 Å². The SMILES string of the molecule is CN(C)C=NS(=O)(=O)c1cc(NC(=O)Cc2ccccc2Cl)ccc1-c1cnn(CC2CC2)c1. The van der Waals surface area contributed by atoms with Gasteiger partial charge in [0.2, 0.25) is 5.91 Å². The highest BCUT2D eigenvalue weighted by molar-refractivity contribution is 7.90.